The minimum atomic E-state index is -0.116. The molecule has 24 heavy (non-hydrogen) atoms. The van der Waals surface area contributed by atoms with Crippen LogP contribution in [0.5, 0.6) is 0 Å². The second-order valence-electron chi connectivity index (χ2n) is 7.35. The molecule has 1 atom stereocenters. The lowest BCUT2D eigenvalue weighted by atomic mass is 9.95. The minimum absolute atomic E-state index is 0.116. The topological polar surface area (TPSA) is 65.3 Å². The Hall–Kier alpha value is -1.73. The van der Waals surface area contributed by atoms with Crippen molar-refractivity contribution in [3.05, 3.63) is 12.0 Å². The molecule has 0 spiro atoms. The maximum atomic E-state index is 5.86. The molecule has 0 unspecified atom stereocenters. The van der Waals surface area contributed by atoms with Crippen LogP contribution in [0.1, 0.15) is 33.0 Å². The molecule has 7 nitrogen and oxygen atoms in total. The summed E-state index contributed by atoms with van der Waals surface area (Å²) in [6.07, 6.45) is 2.91. The van der Waals surface area contributed by atoms with E-state index in [1.165, 1.54) is 0 Å². The van der Waals surface area contributed by atoms with E-state index in [1.54, 1.807) is 7.11 Å². The van der Waals surface area contributed by atoms with Gasteiger partial charge >= 0.3 is 0 Å². The molecule has 1 fully saturated rings. The molecule has 132 valence electrons. The first-order valence-corrected chi connectivity index (χ1v) is 8.46. The maximum absolute atomic E-state index is 5.86. The monoisotopic (exact) mass is 333 g/mol. The minimum Gasteiger partial charge on any atom is -0.385 e. The third-order valence-electron chi connectivity index (χ3n) is 4.33. The third-order valence-corrected chi connectivity index (χ3v) is 4.33. The lowest BCUT2D eigenvalue weighted by Crippen LogP contribution is -2.43. The van der Waals surface area contributed by atoms with Gasteiger partial charge in [-0.1, -0.05) is 20.8 Å². The Morgan fingerprint density at radius 1 is 1.33 bits per heavy atom. The van der Waals surface area contributed by atoms with Gasteiger partial charge in [-0.25, -0.2) is 9.97 Å². The molecule has 0 aromatic carbocycles. The van der Waals surface area contributed by atoms with Crippen LogP contribution in [-0.4, -0.2) is 59.3 Å². The van der Waals surface area contributed by atoms with E-state index in [1.807, 2.05) is 17.9 Å². The Labute approximate surface area is 143 Å². The molecule has 2 aromatic rings. The number of anilines is 1. The molecular formula is C17H27N5O2. The Morgan fingerprint density at radius 2 is 2.12 bits per heavy atom. The highest BCUT2D eigenvalue weighted by Crippen LogP contribution is 2.29. The molecule has 1 aliphatic heterocycles. The van der Waals surface area contributed by atoms with E-state index in [4.69, 9.17) is 19.4 Å². The third kappa shape index (κ3) is 3.37. The zero-order valence-corrected chi connectivity index (χ0v) is 15.2. The molecule has 7 heteroatoms. The van der Waals surface area contributed by atoms with Crippen molar-refractivity contribution < 1.29 is 9.47 Å². The van der Waals surface area contributed by atoms with Crippen molar-refractivity contribution in [1.29, 1.82) is 0 Å². The van der Waals surface area contributed by atoms with Gasteiger partial charge in [0, 0.05) is 39.3 Å². The largest absolute Gasteiger partial charge is 0.385 e. The first-order valence-electron chi connectivity index (χ1n) is 8.46. The van der Waals surface area contributed by atoms with Crippen molar-refractivity contribution in [2.75, 3.05) is 38.3 Å². The molecule has 0 amide bonds. The average molecular weight is 333 g/mol. The van der Waals surface area contributed by atoms with Crippen LogP contribution in [0.15, 0.2) is 6.20 Å². The zero-order valence-electron chi connectivity index (χ0n) is 15.2. The first kappa shape index (κ1) is 17.1. The van der Waals surface area contributed by atoms with Gasteiger partial charge in [-0.05, 0) is 6.42 Å². The normalized spacial score (nSPS) is 19.2. The predicted octanol–water partition coefficient (Wildman–Crippen LogP) is 1.90. The standard InChI is InChI=1S/C17H27N5O2/c1-17(2,3)16-19-14-13(10-18-21(14)4)15(20-16)22-7-9-24-12(11-22)6-8-23-5/h10,12H,6-9,11H2,1-5H3/t12-/m0/s1. The molecule has 3 heterocycles. The van der Waals surface area contributed by atoms with E-state index >= 15 is 0 Å². The number of nitrogens with zero attached hydrogens (tertiary/aromatic N) is 5. The van der Waals surface area contributed by atoms with Crippen molar-refractivity contribution in [1.82, 2.24) is 19.7 Å². The summed E-state index contributed by atoms with van der Waals surface area (Å²) in [5.74, 6) is 1.80. The Morgan fingerprint density at radius 3 is 2.83 bits per heavy atom. The molecule has 0 radical (unpaired) electrons. The van der Waals surface area contributed by atoms with Crippen LogP contribution in [0.2, 0.25) is 0 Å². The van der Waals surface area contributed by atoms with Crippen LogP contribution in [-0.2, 0) is 21.9 Å². The molecule has 3 rings (SSSR count). The summed E-state index contributed by atoms with van der Waals surface area (Å²) in [6.45, 7) is 9.45. The van der Waals surface area contributed by atoms with Gasteiger partial charge in [-0.15, -0.1) is 0 Å². The number of hydrogen-bond acceptors (Lipinski definition) is 6. The quantitative estimate of drug-likeness (QED) is 0.851. The van der Waals surface area contributed by atoms with Gasteiger partial charge in [-0.2, -0.15) is 5.10 Å². The summed E-state index contributed by atoms with van der Waals surface area (Å²) in [6, 6.07) is 0. The highest BCUT2D eigenvalue weighted by atomic mass is 16.5. The molecule has 0 saturated carbocycles. The van der Waals surface area contributed by atoms with Gasteiger partial charge in [0.15, 0.2) is 5.65 Å². The zero-order chi connectivity index (χ0) is 17.3. The number of rotatable bonds is 4. The fourth-order valence-corrected chi connectivity index (χ4v) is 2.92. The average Bonchev–Trinajstić information content (AvgIpc) is 2.93. The summed E-state index contributed by atoms with van der Waals surface area (Å²) in [7, 11) is 3.64. The number of ether oxygens (including phenoxy) is 2. The van der Waals surface area contributed by atoms with E-state index < -0.39 is 0 Å². The van der Waals surface area contributed by atoms with E-state index in [0.29, 0.717) is 13.2 Å². The van der Waals surface area contributed by atoms with Crippen LogP contribution >= 0.6 is 0 Å². The summed E-state index contributed by atoms with van der Waals surface area (Å²) in [4.78, 5) is 11.9. The summed E-state index contributed by atoms with van der Waals surface area (Å²) in [5, 5.41) is 5.38. The van der Waals surface area contributed by atoms with Crippen molar-refractivity contribution in [2.24, 2.45) is 7.05 Å². The second kappa shape index (κ2) is 6.64. The van der Waals surface area contributed by atoms with Gasteiger partial charge in [0.05, 0.1) is 24.3 Å². The fourth-order valence-electron chi connectivity index (χ4n) is 2.92. The lowest BCUT2D eigenvalue weighted by Gasteiger charge is -2.34. The number of hydrogen-bond donors (Lipinski definition) is 0. The maximum Gasteiger partial charge on any atom is 0.163 e. The van der Waals surface area contributed by atoms with Crippen LogP contribution in [0, 0.1) is 0 Å². The SMILES string of the molecule is COCC[C@H]1CN(c2nc(C(C)(C)C)nc3c2cnn3C)CCO1. The van der Waals surface area contributed by atoms with Gasteiger partial charge < -0.3 is 14.4 Å². The van der Waals surface area contributed by atoms with E-state index in [9.17, 15) is 0 Å². The Balaban J connectivity index is 1.98. The van der Waals surface area contributed by atoms with Gasteiger partial charge in [-0.3, -0.25) is 4.68 Å². The van der Waals surface area contributed by atoms with Gasteiger partial charge in [0.2, 0.25) is 0 Å². The highest BCUT2D eigenvalue weighted by Gasteiger charge is 2.27. The molecular weight excluding hydrogens is 306 g/mol. The van der Waals surface area contributed by atoms with Crippen LogP contribution < -0.4 is 4.90 Å². The first-order chi connectivity index (χ1) is 11.4. The Kier molecular flexibility index (Phi) is 4.73. The van der Waals surface area contributed by atoms with Crippen molar-refractivity contribution in [3.63, 3.8) is 0 Å². The molecule has 2 aromatic heterocycles. The van der Waals surface area contributed by atoms with Gasteiger partial charge in [0.1, 0.15) is 11.6 Å². The number of aromatic nitrogens is 4. The molecule has 1 saturated heterocycles. The van der Waals surface area contributed by atoms with Crippen molar-refractivity contribution >= 4 is 16.9 Å². The fraction of sp³-hybridized carbons (Fsp3) is 0.706. The van der Waals surface area contributed by atoms with Crippen LogP contribution in [0.4, 0.5) is 5.82 Å². The number of morpholine rings is 1. The number of methoxy groups -OCH3 is 1. The van der Waals surface area contributed by atoms with Crippen LogP contribution in [0.25, 0.3) is 11.0 Å². The number of aryl methyl sites for hydroxylation is 1. The Bertz CT molecular complexity index is 707. The van der Waals surface area contributed by atoms with E-state index in [0.717, 1.165) is 42.2 Å². The number of fused-ring (bicyclic) bond motifs is 1. The summed E-state index contributed by atoms with van der Waals surface area (Å²) >= 11 is 0. The van der Waals surface area contributed by atoms with Crippen LogP contribution in [0.3, 0.4) is 0 Å². The lowest BCUT2D eigenvalue weighted by molar-refractivity contribution is 0.0190. The summed E-state index contributed by atoms with van der Waals surface area (Å²) < 4.78 is 12.9. The molecule has 0 N–H and O–H groups in total. The highest BCUT2D eigenvalue weighted by molar-refractivity contribution is 5.87. The summed E-state index contributed by atoms with van der Waals surface area (Å²) in [5.41, 5.74) is 0.763. The molecule has 0 bridgehead atoms. The van der Waals surface area contributed by atoms with E-state index in [2.05, 4.69) is 30.8 Å². The predicted molar refractivity (Wildman–Crippen MR) is 93.5 cm³/mol. The molecule has 1 aliphatic rings. The van der Waals surface area contributed by atoms with Gasteiger partial charge in [0.25, 0.3) is 0 Å². The van der Waals surface area contributed by atoms with Crippen molar-refractivity contribution in [2.45, 2.75) is 38.7 Å². The second-order valence-corrected chi connectivity index (χ2v) is 7.35. The van der Waals surface area contributed by atoms with Crippen molar-refractivity contribution in [3.8, 4) is 0 Å². The smallest absolute Gasteiger partial charge is 0.163 e. The molecule has 0 aliphatic carbocycles. The van der Waals surface area contributed by atoms with E-state index in [-0.39, 0.29) is 11.5 Å².